The van der Waals surface area contributed by atoms with Gasteiger partial charge in [-0.1, -0.05) is 48.3 Å². The van der Waals surface area contributed by atoms with Gasteiger partial charge in [0.25, 0.3) is 0 Å². The van der Waals surface area contributed by atoms with Crippen molar-refractivity contribution in [3.63, 3.8) is 0 Å². The number of amides is 6. The minimum Gasteiger partial charge on any atom is -0.453 e. The van der Waals surface area contributed by atoms with E-state index in [-0.39, 0.29) is 47.8 Å². The van der Waals surface area contributed by atoms with Crippen LogP contribution >= 0.6 is 36.7 Å². The molecule has 2 atom stereocenters. The molecule has 0 aliphatic carbocycles. The fourth-order valence-electron chi connectivity index (χ4n) is 4.06. The van der Waals surface area contributed by atoms with E-state index >= 15 is 0 Å². The zero-order chi connectivity index (χ0) is 34.7. The number of nitrogens with two attached hydrogens (primary N) is 1. The Morgan fingerprint density at radius 1 is 0.870 bits per heavy atom. The van der Waals surface area contributed by atoms with Crippen LogP contribution in [0.5, 0.6) is 0 Å². The molecule has 0 fully saturated rings. The SMILES string of the molecule is CC(C)[C@@H](NC(=O)CCCCCNC(=O)CBr)C(=O)N[C@H](CCCCNC(N)=O)C(=O)Nc1ccc(COC(=O)S(C)(C)S)cc1. The summed E-state index contributed by atoms with van der Waals surface area (Å²) in [5, 5.41) is 13.5. The molecule has 0 radical (unpaired) electrons. The number of alkyl halides is 1. The van der Waals surface area contributed by atoms with E-state index in [1.807, 2.05) is 0 Å². The fourth-order valence-corrected chi connectivity index (χ4v) is 4.76. The lowest BCUT2D eigenvalue weighted by Gasteiger charge is -2.25. The number of primary amides is 1. The van der Waals surface area contributed by atoms with Gasteiger partial charge in [0.05, 0.1) is 5.33 Å². The van der Waals surface area contributed by atoms with Crippen molar-refractivity contribution in [1.82, 2.24) is 21.3 Å². The van der Waals surface area contributed by atoms with E-state index in [9.17, 15) is 28.8 Å². The van der Waals surface area contributed by atoms with Crippen LogP contribution in [0.15, 0.2) is 24.3 Å². The summed E-state index contributed by atoms with van der Waals surface area (Å²) in [7, 11) is -1.78. The predicted molar refractivity (Wildman–Crippen MR) is 189 cm³/mol. The second kappa shape index (κ2) is 21.7. The number of benzene rings is 1. The van der Waals surface area contributed by atoms with Crippen molar-refractivity contribution in [2.45, 2.75) is 77.5 Å². The summed E-state index contributed by atoms with van der Waals surface area (Å²) in [6.07, 6.45) is 7.05. The molecule has 46 heavy (non-hydrogen) atoms. The number of anilines is 1. The molecular weight excluding hydrogens is 700 g/mol. The van der Waals surface area contributed by atoms with Gasteiger partial charge in [0, 0.05) is 25.2 Å². The number of urea groups is 1. The Kier molecular flexibility index (Phi) is 19.4. The minimum atomic E-state index is -1.78. The molecule has 16 heteroatoms. The molecule has 7 N–H and O–H groups in total. The molecule has 0 saturated heterocycles. The zero-order valence-corrected chi connectivity index (χ0v) is 30.3. The number of thiol groups is 1. The lowest BCUT2D eigenvalue weighted by Crippen LogP contribution is -2.54. The number of rotatable bonds is 20. The van der Waals surface area contributed by atoms with Gasteiger partial charge in [0.2, 0.25) is 23.6 Å². The molecule has 13 nitrogen and oxygen atoms in total. The largest absolute Gasteiger partial charge is 0.453 e. The average Bonchev–Trinajstić information content (AvgIpc) is 2.99. The van der Waals surface area contributed by atoms with Crippen molar-refractivity contribution in [2.75, 3.05) is 36.2 Å². The number of nitrogens with one attached hydrogen (secondary N) is 5. The number of hydrogen-bond acceptors (Lipinski definition) is 8. The first-order valence-electron chi connectivity index (χ1n) is 15.1. The third kappa shape index (κ3) is 17.6. The highest BCUT2D eigenvalue weighted by Crippen LogP contribution is 2.46. The van der Waals surface area contributed by atoms with Crippen LogP contribution in [0.1, 0.15) is 64.4 Å². The highest BCUT2D eigenvalue weighted by atomic mass is 79.9. The van der Waals surface area contributed by atoms with Gasteiger partial charge in [-0.25, -0.2) is 9.59 Å². The summed E-state index contributed by atoms with van der Waals surface area (Å²) in [6, 6.07) is 4.35. The highest BCUT2D eigenvalue weighted by Gasteiger charge is 2.28. The molecule has 0 heterocycles. The quantitative estimate of drug-likeness (QED) is 0.0347. The third-order valence-corrected chi connectivity index (χ3v) is 8.52. The van der Waals surface area contributed by atoms with Gasteiger partial charge < -0.3 is 37.1 Å². The normalized spacial score (nSPS) is 12.8. The third-order valence-electron chi connectivity index (χ3n) is 6.63. The lowest BCUT2D eigenvalue weighted by molar-refractivity contribution is -0.132. The minimum absolute atomic E-state index is 0.0694. The van der Waals surface area contributed by atoms with Crippen molar-refractivity contribution in [1.29, 1.82) is 0 Å². The molecule has 0 aliphatic heterocycles. The van der Waals surface area contributed by atoms with Crippen LogP contribution in [-0.4, -0.2) is 78.0 Å². The molecule has 0 aliphatic rings. The molecule has 1 rings (SSSR count). The van der Waals surface area contributed by atoms with Crippen LogP contribution < -0.4 is 32.3 Å². The first-order valence-corrected chi connectivity index (χ1v) is 19.7. The summed E-state index contributed by atoms with van der Waals surface area (Å²) in [6.45, 7) is 4.53. The van der Waals surface area contributed by atoms with E-state index in [1.54, 1.807) is 50.6 Å². The number of ether oxygens (including phenoxy) is 1. The summed E-state index contributed by atoms with van der Waals surface area (Å²) in [5.41, 5.74) is 6.33. The first-order chi connectivity index (χ1) is 21.6. The Bertz CT molecular complexity index is 1170. The number of hydrogen-bond donors (Lipinski definition) is 7. The van der Waals surface area contributed by atoms with E-state index in [2.05, 4.69) is 54.2 Å². The maximum absolute atomic E-state index is 13.3. The molecule has 0 unspecified atom stereocenters. The van der Waals surface area contributed by atoms with Gasteiger partial charge in [0.15, 0.2) is 0 Å². The van der Waals surface area contributed by atoms with E-state index in [4.69, 9.17) is 10.5 Å². The number of carbonyl (C=O) groups excluding carboxylic acids is 6. The van der Waals surface area contributed by atoms with E-state index in [0.29, 0.717) is 38.0 Å². The highest BCUT2D eigenvalue weighted by molar-refractivity contribution is 9.09. The molecule has 0 aromatic heterocycles. The Balaban J connectivity index is 2.82. The van der Waals surface area contributed by atoms with Crippen LogP contribution in [-0.2, 0) is 30.5 Å². The van der Waals surface area contributed by atoms with Gasteiger partial charge in [-0.3, -0.25) is 19.2 Å². The van der Waals surface area contributed by atoms with E-state index < -0.39 is 39.0 Å². The van der Waals surface area contributed by atoms with Crippen LogP contribution in [0.2, 0.25) is 0 Å². The van der Waals surface area contributed by atoms with E-state index in [1.165, 1.54) is 0 Å². The summed E-state index contributed by atoms with van der Waals surface area (Å²) in [5.74, 6) is -1.55. The van der Waals surface area contributed by atoms with Gasteiger partial charge in [-0.05, 0) is 68.2 Å². The fraction of sp³-hybridized carbons (Fsp3) is 0.600. The van der Waals surface area contributed by atoms with Crippen LogP contribution in [0.25, 0.3) is 0 Å². The molecule has 0 spiro atoms. The maximum Gasteiger partial charge on any atom is 0.358 e. The molecule has 6 amide bonds. The van der Waals surface area contributed by atoms with Crippen molar-refractivity contribution < 1.29 is 33.5 Å². The number of carbonyl (C=O) groups is 6. The van der Waals surface area contributed by atoms with Gasteiger partial charge in [0.1, 0.15) is 18.7 Å². The summed E-state index contributed by atoms with van der Waals surface area (Å²) < 4.78 is 5.30. The Labute approximate surface area is 286 Å². The molecule has 1 aromatic carbocycles. The van der Waals surface area contributed by atoms with Crippen molar-refractivity contribution in [3.05, 3.63) is 29.8 Å². The van der Waals surface area contributed by atoms with E-state index in [0.717, 1.165) is 18.4 Å². The van der Waals surface area contributed by atoms with Gasteiger partial charge >= 0.3 is 11.3 Å². The smallest absolute Gasteiger partial charge is 0.358 e. The van der Waals surface area contributed by atoms with Crippen LogP contribution in [0, 0.1) is 5.92 Å². The second-order valence-electron chi connectivity index (χ2n) is 11.4. The average molecular weight is 750 g/mol. The summed E-state index contributed by atoms with van der Waals surface area (Å²) >= 11 is 7.37. The first kappa shape index (κ1) is 41.0. The van der Waals surface area contributed by atoms with Crippen molar-refractivity contribution in [2.24, 2.45) is 11.7 Å². The topological polar surface area (TPSA) is 198 Å². The van der Waals surface area contributed by atoms with Crippen molar-refractivity contribution in [3.8, 4) is 0 Å². The standard InChI is InChI=1S/C30H49BrN6O7S2/c1-20(2)26(37-24(38)11-6-5-8-16-33-25(39)18-31)28(41)36-23(10-7-9-17-34-29(32)42)27(40)35-22-14-12-21(13-15-22)19-44-30(43)46(3,4)45/h12-15,20,23,26,45H,5-11,16-19H2,1-4H3,(H,33,39)(H,35,40)(H,36,41)(H,37,38)(H3,32,34,42)/t23-,26-/m1/s1. The van der Waals surface area contributed by atoms with Gasteiger partial charge in [-0.2, -0.15) is 0 Å². The zero-order valence-electron chi connectivity index (χ0n) is 27.0. The monoisotopic (exact) mass is 748 g/mol. The predicted octanol–water partition coefficient (Wildman–Crippen LogP) is 3.71. The summed E-state index contributed by atoms with van der Waals surface area (Å²) in [4.78, 5) is 73.6. The molecule has 0 saturated carbocycles. The number of halogens is 1. The molecule has 1 aromatic rings. The molecular formula is C30H49BrN6O7S2. The Hall–Kier alpha value is -2.98. The Morgan fingerprint density at radius 3 is 2.09 bits per heavy atom. The number of unbranched alkanes of at least 4 members (excludes halogenated alkanes) is 3. The van der Waals surface area contributed by atoms with Gasteiger partial charge in [-0.15, -0.1) is 20.7 Å². The molecule has 260 valence electrons. The van der Waals surface area contributed by atoms with Crippen LogP contribution in [0.3, 0.4) is 0 Å². The van der Waals surface area contributed by atoms with Crippen molar-refractivity contribution >= 4 is 77.3 Å². The Morgan fingerprint density at radius 2 is 1.50 bits per heavy atom. The lowest BCUT2D eigenvalue weighted by atomic mass is 10.0. The van der Waals surface area contributed by atoms with Crippen LogP contribution in [0.4, 0.5) is 15.3 Å². The maximum atomic E-state index is 13.3. The second-order valence-corrected chi connectivity index (χ2v) is 17.6. The molecule has 0 bridgehead atoms.